The summed E-state index contributed by atoms with van der Waals surface area (Å²) in [5.41, 5.74) is 0. The van der Waals surface area contributed by atoms with E-state index in [0.29, 0.717) is 0 Å². The highest BCUT2D eigenvalue weighted by molar-refractivity contribution is 9.09. The molecule has 0 bridgehead atoms. The zero-order valence-electron chi connectivity index (χ0n) is 8.09. The molecule has 0 aromatic carbocycles. The van der Waals surface area contributed by atoms with E-state index in [1.807, 2.05) is 0 Å². The molecule has 0 amide bonds. The predicted octanol–water partition coefficient (Wildman–Crippen LogP) is 1.41. The van der Waals surface area contributed by atoms with Crippen molar-refractivity contribution in [3.63, 3.8) is 0 Å². The SMILES string of the molecule is CC(C)N1CCN(CCBr)CC1. The molecule has 0 radical (unpaired) electrons. The van der Waals surface area contributed by atoms with Gasteiger partial charge in [0.1, 0.15) is 0 Å². The molecule has 0 N–H and O–H groups in total. The lowest BCUT2D eigenvalue weighted by atomic mass is 10.2. The summed E-state index contributed by atoms with van der Waals surface area (Å²) in [6.45, 7) is 10.7. The molecule has 72 valence electrons. The van der Waals surface area contributed by atoms with Crippen LogP contribution in [0.5, 0.6) is 0 Å². The monoisotopic (exact) mass is 234 g/mol. The van der Waals surface area contributed by atoms with Crippen LogP contribution in [0, 0.1) is 0 Å². The minimum Gasteiger partial charge on any atom is -0.300 e. The Labute approximate surface area is 84.0 Å². The van der Waals surface area contributed by atoms with Crippen molar-refractivity contribution in [1.82, 2.24) is 9.80 Å². The molecular weight excluding hydrogens is 216 g/mol. The first-order chi connectivity index (χ1) is 5.74. The highest BCUT2D eigenvalue weighted by Crippen LogP contribution is 2.05. The molecule has 0 unspecified atom stereocenters. The normalized spacial score (nSPS) is 22.0. The largest absolute Gasteiger partial charge is 0.300 e. The molecule has 0 aliphatic carbocycles. The van der Waals surface area contributed by atoms with E-state index in [0.717, 1.165) is 11.4 Å². The third kappa shape index (κ3) is 3.04. The van der Waals surface area contributed by atoms with Gasteiger partial charge in [0.15, 0.2) is 0 Å². The number of halogens is 1. The maximum Gasteiger partial charge on any atom is 0.0159 e. The maximum atomic E-state index is 3.47. The van der Waals surface area contributed by atoms with E-state index in [1.54, 1.807) is 0 Å². The summed E-state index contributed by atoms with van der Waals surface area (Å²) in [6.07, 6.45) is 0. The third-order valence-corrected chi connectivity index (χ3v) is 2.89. The Bertz CT molecular complexity index is 120. The van der Waals surface area contributed by atoms with E-state index in [9.17, 15) is 0 Å². The van der Waals surface area contributed by atoms with Crippen molar-refractivity contribution < 1.29 is 0 Å². The van der Waals surface area contributed by atoms with Crippen LogP contribution in [0.1, 0.15) is 13.8 Å². The van der Waals surface area contributed by atoms with Gasteiger partial charge in [-0.05, 0) is 13.8 Å². The summed E-state index contributed by atoms with van der Waals surface area (Å²) in [6, 6.07) is 0.719. The molecule has 3 heteroatoms. The van der Waals surface area contributed by atoms with Gasteiger partial charge in [-0.25, -0.2) is 0 Å². The van der Waals surface area contributed by atoms with Crippen LogP contribution in [0.2, 0.25) is 0 Å². The minimum absolute atomic E-state index is 0.719. The number of rotatable bonds is 3. The van der Waals surface area contributed by atoms with E-state index < -0.39 is 0 Å². The van der Waals surface area contributed by atoms with Gasteiger partial charge in [0, 0.05) is 44.1 Å². The smallest absolute Gasteiger partial charge is 0.0159 e. The Hall–Kier alpha value is 0.400. The van der Waals surface area contributed by atoms with Crippen LogP contribution in [0.3, 0.4) is 0 Å². The van der Waals surface area contributed by atoms with Gasteiger partial charge in [-0.2, -0.15) is 0 Å². The number of hydrogen-bond acceptors (Lipinski definition) is 2. The van der Waals surface area contributed by atoms with Crippen molar-refractivity contribution in [2.45, 2.75) is 19.9 Å². The average molecular weight is 235 g/mol. The Morgan fingerprint density at radius 2 is 1.75 bits per heavy atom. The van der Waals surface area contributed by atoms with E-state index in [-0.39, 0.29) is 0 Å². The van der Waals surface area contributed by atoms with Crippen LogP contribution in [-0.2, 0) is 0 Å². The summed E-state index contributed by atoms with van der Waals surface area (Å²) in [7, 11) is 0. The lowest BCUT2D eigenvalue weighted by Gasteiger charge is -2.36. The molecule has 12 heavy (non-hydrogen) atoms. The van der Waals surface area contributed by atoms with Gasteiger partial charge in [-0.15, -0.1) is 0 Å². The summed E-state index contributed by atoms with van der Waals surface area (Å²) in [5, 5.41) is 1.11. The summed E-state index contributed by atoms with van der Waals surface area (Å²) in [5.74, 6) is 0. The fourth-order valence-electron chi connectivity index (χ4n) is 1.62. The fourth-order valence-corrected chi connectivity index (χ4v) is 2.12. The molecule has 1 fully saturated rings. The quantitative estimate of drug-likeness (QED) is 0.682. The van der Waals surface area contributed by atoms with E-state index in [1.165, 1.54) is 32.7 Å². The molecule has 1 aliphatic heterocycles. The summed E-state index contributed by atoms with van der Waals surface area (Å²) in [4.78, 5) is 5.07. The van der Waals surface area contributed by atoms with E-state index >= 15 is 0 Å². The van der Waals surface area contributed by atoms with Crippen molar-refractivity contribution in [3.05, 3.63) is 0 Å². The van der Waals surface area contributed by atoms with Crippen LogP contribution >= 0.6 is 15.9 Å². The second-order valence-electron chi connectivity index (χ2n) is 3.66. The van der Waals surface area contributed by atoms with Gasteiger partial charge < -0.3 is 0 Å². The second-order valence-corrected chi connectivity index (χ2v) is 4.45. The first-order valence-corrected chi connectivity index (χ1v) is 5.88. The number of hydrogen-bond donors (Lipinski definition) is 0. The molecule has 0 atom stereocenters. The van der Waals surface area contributed by atoms with E-state index in [4.69, 9.17) is 0 Å². The number of alkyl halides is 1. The standard InChI is InChI=1S/C9H19BrN2/c1-9(2)12-7-5-11(4-3-10)6-8-12/h9H,3-8H2,1-2H3. The highest BCUT2D eigenvalue weighted by atomic mass is 79.9. The lowest BCUT2D eigenvalue weighted by Crippen LogP contribution is -2.49. The van der Waals surface area contributed by atoms with Crippen LogP contribution in [0.25, 0.3) is 0 Å². The van der Waals surface area contributed by atoms with Crippen molar-refractivity contribution in [2.24, 2.45) is 0 Å². The second kappa shape index (κ2) is 5.20. The van der Waals surface area contributed by atoms with Crippen LogP contribution in [0.15, 0.2) is 0 Å². The Kier molecular flexibility index (Phi) is 4.54. The maximum absolute atomic E-state index is 3.47. The molecular formula is C9H19BrN2. The van der Waals surface area contributed by atoms with Crippen LogP contribution < -0.4 is 0 Å². The van der Waals surface area contributed by atoms with Gasteiger partial charge >= 0.3 is 0 Å². The first kappa shape index (κ1) is 10.5. The van der Waals surface area contributed by atoms with Gasteiger partial charge in [-0.3, -0.25) is 9.80 Å². The predicted molar refractivity (Wildman–Crippen MR) is 56.9 cm³/mol. The van der Waals surface area contributed by atoms with E-state index in [2.05, 4.69) is 39.6 Å². The average Bonchev–Trinajstić information content (AvgIpc) is 2.06. The van der Waals surface area contributed by atoms with Crippen LogP contribution in [0.4, 0.5) is 0 Å². The molecule has 0 saturated carbocycles. The molecule has 0 spiro atoms. The molecule has 0 aromatic heterocycles. The molecule has 1 heterocycles. The zero-order valence-corrected chi connectivity index (χ0v) is 9.68. The van der Waals surface area contributed by atoms with Gasteiger partial charge in [0.05, 0.1) is 0 Å². The van der Waals surface area contributed by atoms with Crippen LogP contribution in [-0.4, -0.2) is 53.9 Å². The Morgan fingerprint density at radius 3 is 2.17 bits per heavy atom. The van der Waals surface area contributed by atoms with Gasteiger partial charge in [0.2, 0.25) is 0 Å². The molecule has 1 aliphatic rings. The Morgan fingerprint density at radius 1 is 1.17 bits per heavy atom. The minimum atomic E-state index is 0.719. The van der Waals surface area contributed by atoms with Gasteiger partial charge in [0.25, 0.3) is 0 Å². The van der Waals surface area contributed by atoms with Crippen molar-refractivity contribution in [3.8, 4) is 0 Å². The third-order valence-electron chi connectivity index (χ3n) is 2.54. The fraction of sp³-hybridized carbons (Fsp3) is 1.00. The zero-order chi connectivity index (χ0) is 8.97. The number of nitrogens with zero attached hydrogens (tertiary/aromatic N) is 2. The molecule has 0 aromatic rings. The van der Waals surface area contributed by atoms with Crippen molar-refractivity contribution in [1.29, 1.82) is 0 Å². The molecule has 1 saturated heterocycles. The summed E-state index contributed by atoms with van der Waals surface area (Å²) >= 11 is 3.47. The topological polar surface area (TPSA) is 6.48 Å². The lowest BCUT2D eigenvalue weighted by molar-refractivity contribution is 0.113. The number of piperazine rings is 1. The van der Waals surface area contributed by atoms with Crippen molar-refractivity contribution in [2.75, 3.05) is 38.1 Å². The van der Waals surface area contributed by atoms with Crippen molar-refractivity contribution >= 4 is 15.9 Å². The highest BCUT2D eigenvalue weighted by Gasteiger charge is 2.17. The molecule has 1 rings (SSSR count). The Balaban J connectivity index is 2.20. The first-order valence-electron chi connectivity index (χ1n) is 4.76. The summed E-state index contributed by atoms with van der Waals surface area (Å²) < 4.78 is 0. The van der Waals surface area contributed by atoms with Gasteiger partial charge in [-0.1, -0.05) is 15.9 Å². The molecule has 2 nitrogen and oxygen atoms in total.